The van der Waals surface area contributed by atoms with Gasteiger partial charge in [0.2, 0.25) is 6.41 Å². The van der Waals surface area contributed by atoms with Crippen LogP contribution in [0.5, 0.6) is 0 Å². The third-order valence-corrected chi connectivity index (χ3v) is 1.02. The lowest BCUT2D eigenvalue weighted by Crippen LogP contribution is -2.06. The second kappa shape index (κ2) is 3.61. The van der Waals surface area contributed by atoms with Gasteiger partial charge in [0.15, 0.2) is 0 Å². The Morgan fingerprint density at radius 2 is 2.10 bits per heavy atom. The molecule has 3 heteroatoms. The van der Waals surface area contributed by atoms with Gasteiger partial charge < -0.3 is 5.32 Å². The summed E-state index contributed by atoms with van der Waals surface area (Å²) >= 11 is 0. The van der Waals surface area contributed by atoms with Gasteiger partial charge in [-0.1, -0.05) is 0 Å². The van der Waals surface area contributed by atoms with E-state index in [1.165, 1.54) is 0 Å². The Labute approximate surface area is 59.1 Å². The fraction of sp³-hybridized carbons (Fsp3) is 0. The molecule has 1 radical (unpaired) electrons. The summed E-state index contributed by atoms with van der Waals surface area (Å²) in [5, 5.41) is 2.43. The predicted molar refractivity (Wildman–Crippen MR) is 36.8 cm³/mol. The zero-order valence-electron chi connectivity index (χ0n) is 5.32. The van der Waals surface area contributed by atoms with Crippen molar-refractivity contribution in [2.45, 2.75) is 0 Å². The fourth-order valence-corrected chi connectivity index (χ4v) is 0.590. The van der Waals surface area contributed by atoms with Gasteiger partial charge in [0.1, 0.15) is 0 Å². The molecule has 51 valence electrons. The summed E-state index contributed by atoms with van der Waals surface area (Å²) in [6.07, 6.45) is 3.96. The molecule has 0 aliphatic rings. The van der Waals surface area contributed by atoms with Crippen molar-refractivity contribution in [3.05, 3.63) is 36.6 Å². The summed E-state index contributed by atoms with van der Waals surface area (Å²) in [5.74, 6) is 0. The molecule has 0 bridgehead atoms. The quantitative estimate of drug-likeness (QED) is 0.607. The molecule has 0 fully saturated rings. The van der Waals surface area contributed by atoms with Gasteiger partial charge in [-0.2, -0.15) is 0 Å². The number of hydrogen-bond donors (Lipinski definition) is 1. The molecule has 0 aromatic carbocycles. The number of carbonyl (C=O) groups is 1. The Morgan fingerprint density at radius 3 is 2.70 bits per heavy atom. The molecule has 0 saturated heterocycles. The maximum Gasteiger partial charge on any atom is 0.207 e. The summed E-state index contributed by atoms with van der Waals surface area (Å²) in [4.78, 5) is 13.6. The van der Waals surface area contributed by atoms with Crippen LogP contribution in [0.4, 0.5) is 0 Å². The Morgan fingerprint density at radius 1 is 1.40 bits per heavy atom. The van der Waals surface area contributed by atoms with Crippen molar-refractivity contribution in [2.24, 2.45) is 0 Å². The molecule has 1 aromatic rings. The van der Waals surface area contributed by atoms with Gasteiger partial charge in [0.05, 0.1) is 6.54 Å². The lowest BCUT2D eigenvalue weighted by Gasteiger charge is -1.94. The number of carbonyl (C=O) groups excluding carboxylic acids is 1. The minimum absolute atomic E-state index is 0.625. The van der Waals surface area contributed by atoms with E-state index in [0.717, 1.165) is 5.56 Å². The van der Waals surface area contributed by atoms with Crippen LogP contribution in [0.1, 0.15) is 5.56 Å². The van der Waals surface area contributed by atoms with E-state index in [4.69, 9.17) is 0 Å². The van der Waals surface area contributed by atoms with E-state index in [0.29, 0.717) is 6.41 Å². The second-order valence-corrected chi connectivity index (χ2v) is 1.71. The Kier molecular flexibility index (Phi) is 2.43. The topological polar surface area (TPSA) is 42.0 Å². The van der Waals surface area contributed by atoms with Crippen LogP contribution in [0.2, 0.25) is 0 Å². The highest BCUT2D eigenvalue weighted by atomic mass is 16.1. The van der Waals surface area contributed by atoms with Crippen molar-refractivity contribution >= 4 is 6.41 Å². The van der Waals surface area contributed by atoms with Crippen molar-refractivity contribution in [2.75, 3.05) is 0 Å². The third-order valence-electron chi connectivity index (χ3n) is 1.02. The SMILES string of the molecule is O=CN[CH]c1ccncc1. The van der Waals surface area contributed by atoms with Crippen LogP contribution in [0.15, 0.2) is 24.5 Å². The maximum atomic E-state index is 9.82. The summed E-state index contributed by atoms with van der Waals surface area (Å²) < 4.78 is 0. The summed E-state index contributed by atoms with van der Waals surface area (Å²) in [6.45, 7) is 1.61. The first-order chi connectivity index (χ1) is 4.93. The molecule has 1 heterocycles. The number of pyridine rings is 1. The molecule has 10 heavy (non-hydrogen) atoms. The van der Waals surface area contributed by atoms with E-state index < -0.39 is 0 Å². The Balaban J connectivity index is 2.50. The van der Waals surface area contributed by atoms with Crippen LogP contribution in [0, 0.1) is 6.54 Å². The minimum Gasteiger partial charge on any atom is -0.349 e. The Hall–Kier alpha value is -1.38. The minimum atomic E-state index is 0.625. The molecule has 0 aliphatic heterocycles. The lowest BCUT2D eigenvalue weighted by molar-refractivity contribution is -0.108. The van der Waals surface area contributed by atoms with Crippen molar-refractivity contribution in [1.29, 1.82) is 0 Å². The monoisotopic (exact) mass is 135 g/mol. The van der Waals surface area contributed by atoms with Gasteiger partial charge >= 0.3 is 0 Å². The van der Waals surface area contributed by atoms with E-state index >= 15 is 0 Å². The predicted octanol–water partition coefficient (Wildman–Crippen LogP) is 0.337. The van der Waals surface area contributed by atoms with Gasteiger partial charge in [-0.3, -0.25) is 9.78 Å². The molecule has 0 unspecified atom stereocenters. The molecular formula is C7H7N2O. The lowest BCUT2D eigenvalue weighted by atomic mass is 10.3. The highest BCUT2D eigenvalue weighted by Crippen LogP contribution is 1.95. The van der Waals surface area contributed by atoms with E-state index in [2.05, 4.69) is 10.3 Å². The van der Waals surface area contributed by atoms with Gasteiger partial charge in [0.25, 0.3) is 0 Å². The number of aromatic nitrogens is 1. The number of hydrogen-bond acceptors (Lipinski definition) is 2. The average molecular weight is 135 g/mol. The molecular weight excluding hydrogens is 128 g/mol. The first-order valence-corrected chi connectivity index (χ1v) is 2.86. The highest BCUT2D eigenvalue weighted by Gasteiger charge is 1.87. The molecule has 0 saturated carbocycles. The van der Waals surface area contributed by atoms with Crippen LogP contribution in [0.3, 0.4) is 0 Å². The Bertz CT molecular complexity index is 198. The molecule has 1 aromatic heterocycles. The fourth-order valence-electron chi connectivity index (χ4n) is 0.590. The molecule has 1 rings (SSSR count). The zero-order valence-corrected chi connectivity index (χ0v) is 5.32. The normalized spacial score (nSPS) is 8.80. The third kappa shape index (κ3) is 1.85. The van der Waals surface area contributed by atoms with Gasteiger partial charge in [-0.05, 0) is 17.7 Å². The van der Waals surface area contributed by atoms with Crippen molar-refractivity contribution in [3.8, 4) is 0 Å². The van der Waals surface area contributed by atoms with Crippen LogP contribution in [0.25, 0.3) is 0 Å². The number of amides is 1. The van der Waals surface area contributed by atoms with Crippen molar-refractivity contribution in [3.63, 3.8) is 0 Å². The van der Waals surface area contributed by atoms with Gasteiger partial charge in [0, 0.05) is 12.4 Å². The number of nitrogens with one attached hydrogen (secondary N) is 1. The second-order valence-electron chi connectivity index (χ2n) is 1.71. The van der Waals surface area contributed by atoms with Crippen molar-refractivity contribution in [1.82, 2.24) is 10.3 Å². The maximum absolute atomic E-state index is 9.82. The van der Waals surface area contributed by atoms with Crippen molar-refractivity contribution < 1.29 is 4.79 Å². The molecule has 0 spiro atoms. The highest BCUT2D eigenvalue weighted by molar-refractivity contribution is 5.48. The van der Waals surface area contributed by atoms with E-state index in [1.807, 2.05) is 0 Å². The molecule has 0 aliphatic carbocycles. The van der Waals surface area contributed by atoms with Gasteiger partial charge in [-0.15, -0.1) is 0 Å². The first kappa shape index (κ1) is 6.74. The van der Waals surface area contributed by atoms with E-state index in [-0.39, 0.29) is 0 Å². The zero-order chi connectivity index (χ0) is 7.23. The summed E-state index contributed by atoms with van der Waals surface area (Å²) in [7, 11) is 0. The molecule has 3 nitrogen and oxygen atoms in total. The van der Waals surface area contributed by atoms with Gasteiger partial charge in [-0.25, -0.2) is 0 Å². The molecule has 1 N–H and O–H groups in total. The van der Waals surface area contributed by atoms with Crippen LogP contribution in [-0.2, 0) is 4.79 Å². The molecule has 1 amide bonds. The van der Waals surface area contributed by atoms with Crippen LogP contribution >= 0.6 is 0 Å². The van der Waals surface area contributed by atoms with Crippen LogP contribution in [-0.4, -0.2) is 11.4 Å². The van der Waals surface area contributed by atoms with E-state index in [9.17, 15) is 4.79 Å². The summed E-state index contributed by atoms with van der Waals surface area (Å²) in [5.41, 5.74) is 0.933. The largest absolute Gasteiger partial charge is 0.349 e. The molecule has 0 atom stereocenters. The smallest absolute Gasteiger partial charge is 0.207 e. The summed E-state index contributed by atoms with van der Waals surface area (Å²) in [6, 6.07) is 3.60. The number of rotatable bonds is 3. The average Bonchev–Trinajstić information content (AvgIpc) is 2.03. The van der Waals surface area contributed by atoms with E-state index in [1.54, 1.807) is 31.1 Å². The van der Waals surface area contributed by atoms with Crippen LogP contribution < -0.4 is 5.32 Å². The number of nitrogens with zero attached hydrogens (tertiary/aromatic N) is 1. The standard InChI is InChI=1S/C7H7N2O/c10-6-9-5-7-1-3-8-4-2-7/h1-6H,(H,9,10). The first-order valence-electron chi connectivity index (χ1n) is 2.86.